The summed E-state index contributed by atoms with van der Waals surface area (Å²) in [7, 11) is 1.40. The molecule has 3 aliphatic rings. The molecule has 198 valence electrons. The number of ether oxygens (including phenoxy) is 1. The molecule has 0 saturated carbocycles. The maximum atomic E-state index is 16.3. The van der Waals surface area contributed by atoms with E-state index in [9.17, 15) is 15.0 Å². The summed E-state index contributed by atoms with van der Waals surface area (Å²) in [5.41, 5.74) is 0.479. The fourth-order valence-corrected chi connectivity index (χ4v) is 6.55. The van der Waals surface area contributed by atoms with Gasteiger partial charge in [0.25, 0.3) is 5.91 Å². The molecule has 1 fully saturated rings. The molecule has 4 N–H and O–H groups in total. The van der Waals surface area contributed by atoms with Gasteiger partial charge in [-0.1, -0.05) is 41.9 Å². The number of aliphatic hydroxyl groups is 2. The first-order chi connectivity index (χ1) is 18.3. The normalized spacial score (nSPS) is 25.7. The smallest absolute Gasteiger partial charge is 0.251 e. The summed E-state index contributed by atoms with van der Waals surface area (Å²) >= 11 is 6.57. The molecule has 38 heavy (non-hydrogen) atoms. The van der Waals surface area contributed by atoms with E-state index < -0.39 is 35.4 Å². The number of benzene rings is 3. The van der Waals surface area contributed by atoms with Crippen molar-refractivity contribution in [2.45, 2.75) is 49.5 Å². The maximum absolute atomic E-state index is 16.3. The van der Waals surface area contributed by atoms with Crippen LogP contribution in [0.4, 0.5) is 8.78 Å². The minimum atomic E-state index is -1.34. The van der Waals surface area contributed by atoms with Gasteiger partial charge < -0.3 is 25.6 Å². The molecule has 0 unspecified atom stereocenters. The fraction of sp³-hybridized carbons (Fsp3) is 0.345. The van der Waals surface area contributed by atoms with Crippen LogP contribution in [0, 0.1) is 11.6 Å². The highest BCUT2D eigenvalue weighted by atomic mass is 35.5. The molecule has 4 atom stereocenters. The van der Waals surface area contributed by atoms with E-state index in [2.05, 4.69) is 10.6 Å². The Morgan fingerprint density at radius 3 is 2.61 bits per heavy atom. The number of carbonyl (C=O) groups is 1. The van der Waals surface area contributed by atoms with Gasteiger partial charge in [0.15, 0.2) is 5.60 Å². The van der Waals surface area contributed by atoms with Gasteiger partial charge in [0.2, 0.25) is 0 Å². The summed E-state index contributed by atoms with van der Waals surface area (Å²) in [6.45, 7) is 0.811. The van der Waals surface area contributed by atoms with Crippen LogP contribution in [0.2, 0.25) is 5.02 Å². The van der Waals surface area contributed by atoms with Crippen molar-refractivity contribution in [3.05, 3.63) is 86.9 Å². The zero-order valence-corrected chi connectivity index (χ0v) is 21.4. The molecule has 2 heterocycles. The second kappa shape index (κ2) is 9.31. The van der Waals surface area contributed by atoms with Crippen molar-refractivity contribution < 1.29 is 28.5 Å². The Morgan fingerprint density at radius 2 is 1.92 bits per heavy atom. The third-order valence-corrected chi connectivity index (χ3v) is 8.49. The predicted molar refractivity (Wildman–Crippen MR) is 138 cm³/mol. The van der Waals surface area contributed by atoms with Gasteiger partial charge in [0.05, 0.1) is 22.7 Å². The van der Waals surface area contributed by atoms with Crippen molar-refractivity contribution in [1.82, 2.24) is 10.6 Å². The van der Waals surface area contributed by atoms with E-state index in [0.717, 1.165) is 24.9 Å². The number of fused-ring (bicyclic) bond motifs is 2. The van der Waals surface area contributed by atoms with Crippen molar-refractivity contribution in [3.63, 3.8) is 0 Å². The Hall–Kier alpha value is -3.04. The van der Waals surface area contributed by atoms with Gasteiger partial charge in [-0.2, -0.15) is 0 Å². The van der Waals surface area contributed by atoms with E-state index in [1.807, 2.05) is 30.3 Å². The number of nitrogens with one attached hydrogen (secondary N) is 2. The highest BCUT2D eigenvalue weighted by Crippen LogP contribution is 2.53. The van der Waals surface area contributed by atoms with Crippen LogP contribution in [0.5, 0.6) is 5.75 Å². The van der Waals surface area contributed by atoms with Crippen molar-refractivity contribution in [2.24, 2.45) is 0 Å². The third-order valence-electron chi connectivity index (χ3n) is 8.12. The quantitative estimate of drug-likeness (QED) is 0.399. The summed E-state index contributed by atoms with van der Waals surface area (Å²) in [4.78, 5) is 13.0. The molecule has 1 amide bonds. The highest BCUT2D eigenvalue weighted by Gasteiger charge is 2.50. The summed E-state index contributed by atoms with van der Waals surface area (Å²) in [6, 6.07) is 12.1. The number of rotatable bonds is 4. The predicted octanol–water partition coefficient (Wildman–Crippen LogP) is 4.18. The van der Waals surface area contributed by atoms with Crippen LogP contribution in [0.1, 0.15) is 51.6 Å². The van der Waals surface area contributed by atoms with E-state index in [-0.39, 0.29) is 57.5 Å². The molecular formula is C29H27ClF2N2O4. The lowest BCUT2D eigenvalue weighted by atomic mass is 9.80. The molecule has 6 rings (SSSR count). The van der Waals surface area contributed by atoms with E-state index in [1.54, 1.807) is 0 Å². The molecule has 9 heteroatoms. The Morgan fingerprint density at radius 1 is 1.16 bits per heavy atom. The van der Waals surface area contributed by atoms with E-state index >= 15 is 8.78 Å². The molecule has 0 aromatic heterocycles. The van der Waals surface area contributed by atoms with Gasteiger partial charge in [-0.05, 0) is 42.1 Å². The number of aliphatic hydroxyl groups excluding tert-OH is 2. The van der Waals surface area contributed by atoms with Crippen LogP contribution < -0.4 is 15.4 Å². The number of hydrogen-bond donors (Lipinski definition) is 4. The average molecular weight is 541 g/mol. The molecule has 3 aromatic carbocycles. The first-order valence-electron chi connectivity index (χ1n) is 12.7. The van der Waals surface area contributed by atoms with E-state index in [4.69, 9.17) is 16.3 Å². The minimum Gasteiger partial charge on any atom is -0.480 e. The second-order valence-corrected chi connectivity index (χ2v) is 10.6. The Labute approximate surface area is 223 Å². The van der Waals surface area contributed by atoms with Crippen LogP contribution in [-0.2, 0) is 18.4 Å². The number of halogens is 3. The molecule has 0 spiro atoms. The van der Waals surface area contributed by atoms with Crippen LogP contribution >= 0.6 is 11.6 Å². The number of hydrogen-bond acceptors (Lipinski definition) is 5. The van der Waals surface area contributed by atoms with Crippen LogP contribution in [0.25, 0.3) is 11.1 Å². The van der Waals surface area contributed by atoms with Gasteiger partial charge in [0.1, 0.15) is 23.5 Å². The summed E-state index contributed by atoms with van der Waals surface area (Å²) in [6.07, 6.45) is -0.646. The van der Waals surface area contributed by atoms with Crippen LogP contribution in [0.3, 0.4) is 0 Å². The summed E-state index contributed by atoms with van der Waals surface area (Å²) < 4.78 is 38.3. The van der Waals surface area contributed by atoms with Gasteiger partial charge in [-0.25, -0.2) is 8.78 Å². The topological polar surface area (TPSA) is 90.8 Å². The molecule has 6 nitrogen and oxygen atoms in total. The fourth-order valence-electron chi connectivity index (χ4n) is 6.29. The lowest BCUT2D eigenvalue weighted by molar-refractivity contribution is 0.0325. The summed E-state index contributed by atoms with van der Waals surface area (Å²) in [5, 5.41) is 26.3. The van der Waals surface area contributed by atoms with Crippen molar-refractivity contribution in [2.75, 3.05) is 13.6 Å². The Kier molecular flexibility index (Phi) is 6.18. The Balaban J connectivity index is 1.61. The molecule has 2 aliphatic heterocycles. The summed E-state index contributed by atoms with van der Waals surface area (Å²) in [5.74, 6) is -2.01. The van der Waals surface area contributed by atoms with Crippen molar-refractivity contribution >= 4 is 17.5 Å². The van der Waals surface area contributed by atoms with Crippen molar-refractivity contribution in [3.8, 4) is 16.9 Å². The molecule has 1 aliphatic carbocycles. The number of carbonyl (C=O) groups excluding carboxylic acids is 1. The van der Waals surface area contributed by atoms with E-state index in [0.29, 0.717) is 5.56 Å². The monoisotopic (exact) mass is 540 g/mol. The zero-order valence-electron chi connectivity index (χ0n) is 20.7. The largest absolute Gasteiger partial charge is 0.480 e. The van der Waals surface area contributed by atoms with E-state index in [1.165, 1.54) is 19.2 Å². The molecule has 1 saturated heterocycles. The standard InChI is InChI=1S/C29H27ClF2N2O4/c1-33-28(37)17-10-16-15(11-20(35)27(16)36)26(32)24(17)23-18-13-29(22-8-5-9-34-22,14-6-3-2-4-7-14)38-21(18)12-19(31)25(23)30/h2-4,6-7,10,12,20,22,27,34-36H,5,8-9,11,13H2,1H3,(H,33,37)/t20-,22-,27-,29-/m0/s1. The van der Waals surface area contributed by atoms with Gasteiger partial charge in [0, 0.05) is 42.6 Å². The second-order valence-electron chi connectivity index (χ2n) is 10.2. The lowest BCUT2D eigenvalue weighted by Gasteiger charge is -2.35. The third kappa shape index (κ3) is 3.66. The van der Waals surface area contributed by atoms with Crippen molar-refractivity contribution in [1.29, 1.82) is 0 Å². The van der Waals surface area contributed by atoms with Gasteiger partial charge >= 0.3 is 0 Å². The Bertz CT molecular complexity index is 1440. The zero-order chi connectivity index (χ0) is 26.8. The first-order valence-corrected chi connectivity index (χ1v) is 13.1. The average Bonchev–Trinajstić information content (AvgIpc) is 3.65. The molecular weight excluding hydrogens is 514 g/mol. The SMILES string of the molecule is CNC(=O)c1cc2c(c(F)c1-c1c(Cl)c(F)cc3c1C[C@](c1ccccc1)([C@@H]1CCCN1)O3)C[C@H](O)[C@H]2O. The van der Waals surface area contributed by atoms with Crippen LogP contribution in [0.15, 0.2) is 42.5 Å². The lowest BCUT2D eigenvalue weighted by Crippen LogP contribution is -2.48. The molecule has 0 radical (unpaired) electrons. The minimum absolute atomic E-state index is 0.0484. The van der Waals surface area contributed by atoms with Crippen LogP contribution in [-0.4, -0.2) is 41.9 Å². The molecule has 0 bridgehead atoms. The maximum Gasteiger partial charge on any atom is 0.251 e. The molecule has 3 aromatic rings. The number of amides is 1. The van der Waals surface area contributed by atoms with Gasteiger partial charge in [-0.3, -0.25) is 4.79 Å². The highest BCUT2D eigenvalue weighted by molar-refractivity contribution is 6.34. The first kappa shape index (κ1) is 25.2. The van der Waals surface area contributed by atoms with Gasteiger partial charge in [-0.15, -0.1) is 0 Å².